The third-order valence-electron chi connectivity index (χ3n) is 2.49. The van der Waals surface area contributed by atoms with Crippen LogP contribution in [0.3, 0.4) is 0 Å². The molecule has 0 amide bonds. The van der Waals surface area contributed by atoms with Crippen molar-refractivity contribution in [2.45, 2.75) is 44.9 Å². The molecule has 0 bridgehead atoms. The normalized spacial score (nSPS) is 18.3. The van der Waals surface area contributed by atoms with Crippen molar-refractivity contribution >= 4 is 5.97 Å². The van der Waals surface area contributed by atoms with Crippen LogP contribution in [0.15, 0.2) is 0 Å². The van der Waals surface area contributed by atoms with Gasteiger partial charge in [-0.3, -0.25) is 4.79 Å². The van der Waals surface area contributed by atoms with Crippen LogP contribution < -0.4 is 0 Å². The minimum Gasteiger partial charge on any atom is -0.481 e. The fourth-order valence-electron chi connectivity index (χ4n) is 1.80. The van der Waals surface area contributed by atoms with Crippen LogP contribution in [0.1, 0.15) is 44.9 Å². The Kier molecular flexibility index (Phi) is 6.64. The SMILES string of the molecule is O=C(O)CCC1CCCCC1.[Ru]. The molecule has 0 spiro atoms. The van der Waals surface area contributed by atoms with Crippen LogP contribution in [0, 0.1) is 5.92 Å². The summed E-state index contributed by atoms with van der Waals surface area (Å²) in [6, 6.07) is 0. The molecule has 0 atom stereocenters. The van der Waals surface area contributed by atoms with Crippen LogP contribution in [0.5, 0.6) is 0 Å². The van der Waals surface area contributed by atoms with Gasteiger partial charge in [0, 0.05) is 25.9 Å². The Morgan fingerprint density at radius 1 is 1.25 bits per heavy atom. The maximum absolute atomic E-state index is 10.2. The summed E-state index contributed by atoms with van der Waals surface area (Å²) < 4.78 is 0. The molecule has 0 aromatic rings. The number of aliphatic carboxylic acids is 1. The van der Waals surface area contributed by atoms with E-state index in [0.29, 0.717) is 12.3 Å². The molecule has 0 aromatic heterocycles. The van der Waals surface area contributed by atoms with Gasteiger partial charge in [0.15, 0.2) is 0 Å². The summed E-state index contributed by atoms with van der Waals surface area (Å²) in [5.74, 6) is 0.0652. The zero-order valence-electron chi connectivity index (χ0n) is 7.24. The van der Waals surface area contributed by atoms with E-state index in [2.05, 4.69) is 0 Å². The first-order valence-corrected chi connectivity index (χ1v) is 4.51. The van der Waals surface area contributed by atoms with E-state index in [1.165, 1.54) is 32.1 Å². The van der Waals surface area contributed by atoms with Crippen LogP contribution in [-0.2, 0) is 24.3 Å². The first kappa shape index (κ1) is 12.1. The van der Waals surface area contributed by atoms with Crippen molar-refractivity contribution in [1.29, 1.82) is 0 Å². The Morgan fingerprint density at radius 2 is 1.83 bits per heavy atom. The number of hydrogen-bond donors (Lipinski definition) is 1. The van der Waals surface area contributed by atoms with Crippen LogP contribution in [-0.4, -0.2) is 11.1 Å². The Labute approximate surface area is 86.5 Å². The number of rotatable bonds is 3. The average molecular weight is 257 g/mol. The molecule has 12 heavy (non-hydrogen) atoms. The van der Waals surface area contributed by atoms with Gasteiger partial charge in [-0.05, 0) is 12.3 Å². The summed E-state index contributed by atoms with van der Waals surface area (Å²) in [5, 5.41) is 8.44. The fraction of sp³-hybridized carbons (Fsp3) is 0.889. The van der Waals surface area contributed by atoms with Crippen LogP contribution in [0.4, 0.5) is 0 Å². The second-order valence-corrected chi connectivity index (χ2v) is 3.44. The molecule has 1 aliphatic carbocycles. The Morgan fingerprint density at radius 3 is 2.33 bits per heavy atom. The van der Waals surface area contributed by atoms with Gasteiger partial charge < -0.3 is 5.11 Å². The fourth-order valence-corrected chi connectivity index (χ4v) is 1.80. The molecule has 1 saturated carbocycles. The van der Waals surface area contributed by atoms with Gasteiger partial charge >= 0.3 is 5.97 Å². The molecule has 0 saturated heterocycles. The topological polar surface area (TPSA) is 37.3 Å². The molecule has 0 aliphatic heterocycles. The van der Waals surface area contributed by atoms with Crippen molar-refractivity contribution < 1.29 is 29.4 Å². The summed E-state index contributed by atoms with van der Waals surface area (Å²) in [6.07, 6.45) is 7.75. The number of hydrogen-bond acceptors (Lipinski definition) is 1. The van der Waals surface area contributed by atoms with E-state index in [1.54, 1.807) is 0 Å². The van der Waals surface area contributed by atoms with Crippen LogP contribution in [0.2, 0.25) is 0 Å². The predicted molar refractivity (Wildman–Crippen MR) is 43.4 cm³/mol. The van der Waals surface area contributed by atoms with Gasteiger partial charge in [-0.15, -0.1) is 0 Å². The van der Waals surface area contributed by atoms with Crippen molar-refractivity contribution in [3.63, 3.8) is 0 Å². The van der Waals surface area contributed by atoms with Gasteiger partial charge in [0.2, 0.25) is 0 Å². The number of carbonyl (C=O) groups is 1. The van der Waals surface area contributed by atoms with Gasteiger partial charge in [0.05, 0.1) is 0 Å². The molecular formula is C9H16O2Ru. The van der Waals surface area contributed by atoms with Crippen LogP contribution in [0.25, 0.3) is 0 Å². The quantitative estimate of drug-likeness (QED) is 0.788. The molecule has 72 valence electrons. The van der Waals surface area contributed by atoms with Crippen molar-refractivity contribution in [3.05, 3.63) is 0 Å². The van der Waals surface area contributed by atoms with Gasteiger partial charge in [-0.2, -0.15) is 0 Å². The van der Waals surface area contributed by atoms with Crippen molar-refractivity contribution in [2.24, 2.45) is 5.92 Å². The third kappa shape index (κ3) is 4.87. The first-order valence-electron chi connectivity index (χ1n) is 4.51. The summed E-state index contributed by atoms with van der Waals surface area (Å²) in [5.41, 5.74) is 0. The van der Waals surface area contributed by atoms with Crippen molar-refractivity contribution in [1.82, 2.24) is 0 Å². The van der Waals surface area contributed by atoms with Gasteiger partial charge in [-0.1, -0.05) is 32.1 Å². The van der Waals surface area contributed by atoms with Gasteiger partial charge in [-0.25, -0.2) is 0 Å². The molecular weight excluding hydrogens is 241 g/mol. The van der Waals surface area contributed by atoms with Crippen LogP contribution >= 0.6 is 0 Å². The second kappa shape index (κ2) is 6.59. The smallest absolute Gasteiger partial charge is 0.303 e. The van der Waals surface area contributed by atoms with E-state index in [1.807, 2.05) is 0 Å². The third-order valence-corrected chi connectivity index (χ3v) is 2.49. The Hall–Kier alpha value is 0.0934. The molecule has 2 nitrogen and oxygen atoms in total. The summed E-state index contributed by atoms with van der Waals surface area (Å²) >= 11 is 0. The molecule has 0 radical (unpaired) electrons. The molecule has 1 fully saturated rings. The van der Waals surface area contributed by atoms with Gasteiger partial charge in [0.1, 0.15) is 0 Å². The summed E-state index contributed by atoms with van der Waals surface area (Å²) in [6.45, 7) is 0. The van der Waals surface area contributed by atoms with E-state index in [-0.39, 0.29) is 19.5 Å². The number of carboxylic acids is 1. The first-order chi connectivity index (χ1) is 5.29. The molecule has 0 aromatic carbocycles. The summed E-state index contributed by atoms with van der Waals surface area (Å²) in [4.78, 5) is 10.2. The summed E-state index contributed by atoms with van der Waals surface area (Å²) in [7, 11) is 0. The predicted octanol–water partition coefficient (Wildman–Crippen LogP) is 2.43. The molecule has 3 heteroatoms. The maximum atomic E-state index is 10.2. The molecule has 1 aliphatic rings. The second-order valence-electron chi connectivity index (χ2n) is 3.44. The van der Waals surface area contributed by atoms with E-state index >= 15 is 0 Å². The van der Waals surface area contributed by atoms with E-state index < -0.39 is 5.97 Å². The number of carboxylic acid groups (broad SMARTS) is 1. The molecule has 1 rings (SSSR count). The van der Waals surface area contributed by atoms with Crippen molar-refractivity contribution in [3.8, 4) is 0 Å². The largest absolute Gasteiger partial charge is 0.481 e. The zero-order chi connectivity index (χ0) is 8.10. The zero-order valence-corrected chi connectivity index (χ0v) is 8.97. The molecule has 1 N–H and O–H groups in total. The Bertz CT molecular complexity index is 130. The van der Waals surface area contributed by atoms with Gasteiger partial charge in [0.25, 0.3) is 0 Å². The molecule has 0 heterocycles. The Balaban J connectivity index is 0.00000121. The maximum Gasteiger partial charge on any atom is 0.303 e. The minimum atomic E-state index is -0.643. The van der Waals surface area contributed by atoms with E-state index in [0.717, 1.165) is 6.42 Å². The minimum absolute atomic E-state index is 0. The van der Waals surface area contributed by atoms with Crippen molar-refractivity contribution in [2.75, 3.05) is 0 Å². The van der Waals surface area contributed by atoms with E-state index in [4.69, 9.17) is 5.11 Å². The average Bonchev–Trinajstić information content (AvgIpc) is 2.03. The monoisotopic (exact) mass is 258 g/mol. The molecule has 0 unspecified atom stereocenters. The standard InChI is InChI=1S/C9H16O2.Ru/c10-9(11)7-6-8-4-2-1-3-5-8;/h8H,1-7H2,(H,10,11);. The van der Waals surface area contributed by atoms with E-state index in [9.17, 15) is 4.79 Å².